The number of hydrogen-bond acceptors (Lipinski definition) is 15. The maximum atomic E-state index is 13.1. The summed E-state index contributed by atoms with van der Waals surface area (Å²) in [7, 11) is -9.92. The Morgan fingerprint density at radius 2 is 0.500 bits per heavy atom. The van der Waals surface area contributed by atoms with Crippen LogP contribution < -0.4 is 0 Å². The van der Waals surface area contributed by atoms with Crippen LogP contribution in [0.1, 0.15) is 389 Å². The van der Waals surface area contributed by atoms with E-state index < -0.39 is 97.5 Å². The van der Waals surface area contributed by atoms with Crippen LogP contribution in [0.25, 0.3) is 0 Å². The first-order chi connectivity index (χ1) is 46.2. The van der Waals surface area contributed by atoms with Crippen molar-refractivity contribution in [2.45, 2.75) is 408 Å². The van der Waals surface area contributed by atoms with Gasteiger partial charge in [0.2, 0.25) is 0 Å². The van der Waals surface area contributed by atoms with Crippen molar-refractivity contribution in [1.29, 1.82) is 0 Å². The molecule has 0 radical (unpaired) electrons. The molecule has 0 heterocycles. The number of rotatable bonds is 74. The van der Waals surface area contributed by atoms with E-state index in [9.17, 15) is 43.2 Å². The number of hydrogen-bond donors (Lipinski definition) is 3. The summed E-state index contributed by atoms with van der Waals surface area (Å²) in [5.74, 6) is 1.03. The number of phosphoric acid groups is 2. The molecule has 19 heteroatoms. The molecule has 0 aromatic carbocycles. The standard InChI is InChI=1S/C77H150O17P2/c1-9-68(6)54-46-38-30-24-18-14-12-13-15-19-27-33-43-51-59-76(81)94-73(64-88-75(80)58-50-42-36-35-40-48-56-70(8)11-3)66-92-96(85,86)90-62-71(78)61-89-95(83,84)91-65-72(93-77(82)60-52-44-34-28-22-21-25-31-39-47-55-69(7)10-2)63-87-74(79)57-49-41-32-26-20-16-17-23-29-37-45-53-67(4)5/h67-73,78H,9-66H2,1-8H3,(H,83,84)(H,85,86)/t68?,69?,70?,71-,72-,73-/m1/s1. The summed E-state index contributed by atoms with van der Waals surface area (Å²) in [5, 5.41) is 10.6. The molecular weight excluding hydrogens is 1260 g/mol. The number of unbranched alkanes of at least 4 members (excludes halogenated alkanes) is 37. The highest BCUT2D eigenvalue weighted by atomic mass is 31.2. The molecule has 0 aliphatic rings. The SMILES string of the molecule is CCC(C)CCCCCCCCCCCCCCCCC(=O)O[C@H](COC(=O)CCCCCCCCC(C)CC)COP(=O)(O)OC[C@H](O)COP(=O)(O)OC[C@@H](COC(=O)CCCCCCCCCCCCCC(C)C)OC(=O)CCCCCCCCCCCCC(C)CC. The number of aliphatic hydroxyl groups excluding tert-OH is 1. The normalized spacial score (nSPS) is 15.0. The van der Waals surface area contributed by atoms with Crippen molar-refractivity contribution in [2.24, 2.45) is 23.7 Å². The zero-order valence-corrected chi connectivity index (χ0v) is 64.8. The van der Waals surface area contributed by atoms with Crippen molar-refractivity contribution >= 4 is 39.5 Å². The lowest BCUT2D eigenvalue weighted by Gasteiger charge is -2.21. The first kappa shape index (κ1) is 94.1. The second kappa shape index (κ2) is 66.3. The van der Waals surface area contributed by atoms with E-state index in [0.29, 0.717) is 25.7 Å². The smallest absolute Gasteiger partial charge is 0.462 e. The Morgan fingerprint density at radius 1 is 0.292 bits per heavy atom. The molecular formula is C77H150O17P2. The lowest BCUT2D eigenvalue weighted by atomic mass is 9.99. The van der Waals surface area contributed by atoms with E-state index in [1.54, 1.807) is 0 Å². The third-order valence-corrected chi connectivity index (χ3v) is 20.8. The van der Waals surface area contributed by atoms with Gasteiger partial charge in [0.15, 0.2) is 12.2 Å². The Hall–Kier alpha value is -1.94. The minimum absolute atomic E-state index is 0.106. The van der Waals surface area contributed by atoms with Crippen LogP contribution >= 0.6 is 15.6 Å². The first-order valence-electron chi connectivity index (χ1n) is 39.8. The molecule has 0 aliphatic heterocycles. The number of carbonyl (C=O) groups is 4. The fourth-order valence-corrected chi connectivity index (χ4v) is 13.2. The number of phosphoric ester groups is 2. The third-order valence-electron chi connectivity index (χ3n) is 18.9. The van der Waals surface area contributed by atoms with Crippen molar-refractivity contribution in [3.05, 3.63) is 0 Å². The minimum Gasteiger partial charge on any atom is -0.462 e. The topological polar surface area (TPSA) is 237 Å². The van der Waals surface area contributed by atoms with Crippen molar-refractivity contribution < 1.29 is 80.2 Å². The average Bonchev–Trinajstić information content (AvgIpc) is 1.61. The van der Waals surface area contributed by atoms with Crippen molar-refractivity contribution in [3.8, 4) is 0 Å². The molecule has 0 aromatic heterocycles. The third kappa shape index (κ3) is 66.6. The van der Waals surface area contributed by atoms with Gasteiger partial charge in [0.05, 0.1) is 26.4 Å². The second-order valence-corrected chi connectivity index (χ2v) is 31.9. The zero-order chi connectivity index (χ0) is 71.0. The van der Waals surface area contributed by atoms with Crippen LogP contribution in [0.15, 0.2) is 0 Å². The molecule has 0 aromatic rings. The van der Waals surface area contributed by atoms with Gasteiger partial charge in [0, 0.05) is 25.7 Å². The van der Waals surface area contributed by atoms with Gasteiger partial charge in [-0.3, -0.25) is 37.3 Å². The van der Waals surface area contributed by atoms with Crippen LogP contribution in [-0.4, -0.2) is 96.7 Å². The summed E-state index contributed by atoms with van der Waals surface area (Å²) in [6, 6.07) is 0. The summed E-state index contributed by atoms with van der Waals surface area (Å²) in [5.41, 5.74) is 0. The summed E-state index contributed by atoms with van der Waals surface area (Å²) >= 11 is 0. The Morgan fingerprint density at radius 3 is 0.740 bits per heavy atom. The summed E-state index contributed by atoms with van der Waals surface area (Å²) in [6.07, 6.45) is 51.2. The molecule has 5 unspecified atom stereocenters. The van der Waals surface area contributed by atoms with Crippen LogP contribution in [0.4, 0.5) is 0 Å². The van der Waals surface area contributed by atoms with Crippen molar-refractivity contribution in [3.63, 3.8) is 0 Å². The van der Waals surface area contributed by atoms with E-state index in [1.165, 1.54) is 186 Å². The highest BCUT2D eigenvalue weighted by Crippen LogP contribution is 2.45. The van der Waals surface area contributed by atoms with E-state index in [1.807, 2.05) is 0 Å². The van der Waals surface area contributed by atoms with E-state index in [2.05, 4.69) is 55.4 Å². The van der Waals surface area contributed by atoms with E-state index in [4.69, 9.17) is 37.0 Å². The minimum atomic E-state index is -4.96. The molecule has 0 aliphatic carbocycles. The van der Waals surface area contributed by atoms with Gasteiger partial charge in [-0.25, -0.2) is 9.13 Å². The Balaban J connectivity index is 5.25. The molecule has 17 nitrogen and oxygen atoms in total. The van der Waals surface area contributed by atoms with Gasteiger partial charge in [-0.2, -0.15) is 0 Å². The van der Waals surface area contributed by atoms with Gasteiger partial charge >= 0.3 is 39.5 Å². The Labute approximate surface area is 588 Å². The number of ether oxygens (including phenoxy) is 4. The van der Waals surface area contributed by atoms with E-state index >= 15 is 0 Å². The molecule has 0 amide bonds. The van der Waals surface area contributed by atoms with Gasteiger partial charge in [0.25, 0.3) is 0 Å². The lowest BCUT2D eigenvalue weighted by molar-refractivity contribution is -0.161. The van der Waals surface area contributed by atoms with Crippen LogP contribution in [0.2, 0.25) is 0 Å². The number of aliphatic hydroxyl groups is 1. The fourth-order valence-electron chi connectivity index (χ4n) is 11.6. The average molecular weight is 1410 g/mol. The van der Waals surface area contributed by atoms with Crippen molar-refractivity contribution in [2.75, 3.05) is 39.6 Å². The molecule has 0 rings (SSSR count). The monoisotopic (exact) mass is 1410 g/mol. The molecule has 0 spiro atoms. The summed E-state index contributed by atoms with van der Waals surface area (Å²) in [6.45, 7) is 14.3. The highest BCUT2D eigenvalue weighted by molar-refractivity contribution is 7.47. The van der Waals surface area contributed by atoms with Gasteiger partial charge < -0.3 is 33.8 Å². The van der Waals surface area contributed by atoms with E-state index in [-0.39, 0.29) is 25.7 Å². The van der Waals surface area contributed by atoms with Crippen LogP contribution in [-0.2, 0) is 65.4 Å². The largest absolute Gasteiger partial charge is 0.472 e. The highest BCUT2D eigenvalue weighted by Gasteiger charge is 2.30. The van der Waals surface area contributed by atoms with Gasteiger partial charge in [0.1, 0.15) is 19.3 Å². The molecule has 570 valence electrons. The number of esters is 4. The predicted molar refractivity (Wildman–Crippen MR) is 391 cm³/mol. The molecule has 0 bridgehead atoms. The lowest BCUT2D eigenvalue weighted by Crippen LogP contribution is -2.30. The van der Waals surface area contributed by atoms with Crippen LogP contribution in [0, 0.1) is 23.7 Å². The molecule has 0 fully saturated rings. The summed E-state index contributed by atoms with van der Waals surface area (Å²) in [4.78, 5) is 72.9. The predicted octanol–water partition coefficient (Wildman–Crippen LogP) is 22.4. The van der Waals surface area contributed by atoms with Crippen LogP contribution in [0.3, 0.4) is 0 Å². The second-order valence-electron chi connectivity index (χ2n) is 28.9. The molecule has 96 heavy (non-hydrogen) atoms. The number of carbonyl (C=O) groups excluding carboxylic acids is 4. The summed E-state index contributed by atoms with van der Waals surface area (Å²) < 4.78 is 68.6. The quantitative estimate of drug-likeness (QED) is 0.0222. The Kier molecular flexibility index (Phi) is 65.0. The Bertz CT molecular complexity index is 1890. The fraction of sp³-hybridized carbons (Fsp3) is 0.948. The molecule has 0 saturated heterocycles. The maximum absolute atomic E-state index is 13.1. The van der Waals surface area contributed by atoms with Gasteiger partial charge in [-0.15, -0.1) is 0 Å². The molecule has 0 saturated carbocycles. The first-order valence-corrected chi connectivity index (χ1v) is 42.8. The van der Waals surface area contributed by atoms with E-state index in [0.717, 1.165) is 120 Å². The van der Waals surface area contributed by atoms with Gasteiger partial charge in [-0.1, -0.05) is 338 Å². The molecule has 3 N–H and O–H groups in total. The zero-order valence-electron chi connectivity index (χ0n) is 63.0. The van der Waals surface area contributed by atoms with Crippen LogP contribution in [0.5, 0.6) is 0 Å². The maximum Gasteiger partial charge on any atom is 0.472 e. The van der Waals surface area contributed by atoms with Gasteiger partial charge in [-0.05, 0) is 49.4 Å². The molecule has 8 atom stereocenters. The van der Waals surface area contributed by atoms with Crippen molar-refractivity contribution in [1.82, 2.24) is 0 Å².